The van der Waals surface area contributed by atoms with Crippen molar-refractivity contribution in [3.8, 4) is 0 Å². The van der Waals surface area contributed by atoms with Crippen molar-refractivity contribution in [1.29, 1.82) is 0 Å². The van der Waals surface area contributed by atoms with E-state index in [1.165, 1.54) is 0 Å². The van der Waals surface area contributed by atoms with E-state index >= 15 is 0 Å². The van der Waals surface area contributed by atoms with Gasteiger partial charge in [0.25, 0.3) is 0 Å². The van der Waals surface area contributed by atoms with Crippen LogP contribution in [0.2, 0.25) is 5.02 Å². The Kier molecular flexibility index (Phi) is 2.52. The van der Waals surface area contributed by atoms with Crippen LogP contribution in [-0.2, 0) is 5.60 Å². The maximum atomic E-state index is 11.6. The van der Waals surface area contributed by atoms with Gasteiger partial charge in [-0.2, -0.15) is 0 Å². The molecule has 0 amide bonds. The van der Waals surface area contributed by atoms with E-state index in [-0.39, 0.29) is 5.76 Å². The van der Waals surface area contributed by atoms with Crippen molar-refractivity contribution in [2.45, 2.75) is 19.4 Å². The lowest BCUT2D eigenvalue weighted by atomic mass is 10.0. The Morgan fingerprint density at radius 1 is 1.31 bits per heavy atom. The lowest BCUT2D eigenvalue weighted by molar-refractivity contribution is 0.0512. The van der Waals surface area contributed by atoms with Gasteiger partial charge in [0.2, 0.25) is 0 Å². The molecule has 0 spiro atoms. The van der Waals surface area contributed by atoms with Crippen LogP contribution in [0.15, 0.2) is 33.5 Å². The van der Waals surface area contributed by atoms with Crippen molar-refractivity contribution in [3.63, 3.8) is 0 Å². The van der Waals surface area contributed by atoms with Gasteiger partial charge in [-0.15, -0.1) is 0 Å². The molecule has 1 aromatic heterocycles. The van der Waals surface area contributed by atoms with Crippen LogP contribution < -0.4 is 5.63 Å². The van der Waals surface area contributed by atoms with Crippen LogP contribution in [0.5, 0.6) is 0 Å². The second-order valence-corrected chi connectivity index (χ2v) is 4.63. The third kappa shape index (κ3) is 1.96. The molecule has 1 aromatic carbocycles. The average molecular weight is 239 g/mol. The molecule has 4 heteroatoms. The molecule has 3 nitrogen and oxygen atoms in total. The van der Waals surface area contributed by atoms with Crippen molar-refractivity contribution in [3.05, 3.63) is 45.5 Å². The molecule has 0 saturated heterocycles. The minimum Gasteiger partial charge on any atom is -0.424 e. The molecule has 16 heavy (non-hydrogen) atoms. The summed E-state index contributed by atoms with van der Waals surface area (Å²) >= 11 is 5.84. The summed E-state index contributed by atoms with van der Waals surface area (Å²) in [6.07, 6.45) is 0. The first-order valence-corrected chi connectivity index (χ1v) is 5.22. The van der Waals surface area contributed by atoms with E-state index < -0.39 is 11.2 Å². The van der Waals surface area contributed by atoms with Crippen molar-refractivity contribution in [2.24, 2.45) is 0 Å². The Labute approximate surface area is 97.3 Å². The Bertz CT molecular complexity index is 593. The summed E-state index contributed by atoms with van der Waals surface area (Å²) in [7, 11) is 0. The van der Waals surface area contributed by atoms with Gasteiger partial charge in [-0.3, -0.25) is 0 Å². The molecule has 0 atom stereocenters. The van der Waals surface area contributed by atoms with E-state index in [1.54, 1.807) is 38.1 Å². The zero-order chi connectivity index (χ0) is 11.9. The summed E-state index contributed by atoms with van der Waals surface area (Å²) in [6, 6.07) is 6.54. The Morgan fingerprint density at radius 2 is 2.00 bits per heavy atom. The Balaban J connectivity index is 2.80. The number of hydrogen-bond donors (Lipinski definition) is 1. The van der Waals surface area contributed by atoms with Gasteiger partial charge >= 0.3 is 5.63 Å². The van der Waals surface area contributed by atoms with Crippen LogP contribution in [0, 0.1) is 0 Å². The van der Waals surface area contributed by atoms with E-state index in [4.69, 9.17) is 16.0 Å². The highest BCUT2D eigenvalue weighted by molar-refractivity contribution is 6.31. The topological polar surface area (TPSA) is 50.4 Å². The van der Waals surface area contributed by atoms with Gasteiger partial charge in [0.1, 0.15) is 11.4 Å². The summed E-state index contributed by atoms with van der Waals surface area (Å²) in [6.45, 7) is 3.11. The number of rotatable bonds is 1. The number of fused-ring (bicyclic) bond motifs is 1. The Morgan fingerprint density at radius 3 is 2.62 bits per heavy atom. The van der Waals surface area contributed by atoms with Gasteiger partial charge < -0.3 is 9.52 Å². The van der Waals surface area contributed by atoms with Crippen molar-refractivity contribution < 1.29 is 9.52 Å². The lowest BCUT2D eigenvalue weighted by Crippen LogP contribution is -2.18. The molecule has 0 aliphatic rings. The van der Waals surface area contributed by atoms with Crippen LogP contribution in [0.1, 0.15) is 19.6 Å². The molecule has 2 rings (SSSR count). The van der Waals surface area contributed by atoms with Gasteiger partial charge in [0.15, 0.2) is 0 Å². The van der Waals surface area contributed by atoms with Crippen LogP contribution in [0.25, 0.3) is 10.8 Å². The standard InChI is InChI=1S/C12H11ClO3/c1-12(2,15)10-6-7-5-8(13)3-4-9(7)11(14)16-10/h3-6,15H,1-2H3. The fraction of sp³-hybridized carbons (Fsp3) is 0.250. The van der Waals surface area contributed by atoms with Gasteiger partial charge in [-0.05, 0) is 43.5 Å². The molecule has 0 saturated carbocycles. The van der Waals surface area contributed by atoms with Crippen molar-refractivity contribution in [1.82, 2.24) is 0 Å². The van der Waals surface area contributed by atoms with Crippen molar-refractivity contribution in [2.75, 3.05) is 0 Å². The maximum Gasteiger partial charge on any atom is 0.343 e. The van der Waals surface area contributed by atoms with E-state index in [0.717, 1.165) is 0 Å². The molecule has 0 unspecified atom stereocenters. The van der Waals surface area contributed by atoms with Crippen LogP contribution >= 0.6 is 11.6 Å². The zero-order valence-corrected chi connectivity index (χ0v) is 9.71. The second kappa shape index (κ2) is 3.61. The highest BCUT2D eigenvalue weighted by Gasteiger charge is 2.20. The van der Waals surface area contributed by atoms with Gasteiger partial charge in [0.05, 0.1) is 5.39 Å². The first-order chi connectivity index (χ1) is 7.38. The first kappa shape index (κ1) is 11.2. The molecule has 0 radical (unpaired) electrons. The van der Waals surface area contributed by atoms with Crippen LogP contribution in [-0.4, -0.2) is 5.11 Å². The van der Waals surface area contributed by atoms with Gasteiger partial charge in [0, 0.05) is 5.02 Å². The minimum atomic E-state index is -1.18. The van der Waals surface area contributed by atoms with Gasteiger partial charge in [-0.25, -0.2) is 4.79 Å². The third-order valence-electron chi connectivity index (χ3n) is 2.33. The van der Waals surface area contributed by atoms with Crippen LogP contribution in [0.3, 0.4) is 0 Å². The Hall–Kier alpha value is -1.32. The van der Waals surface area contributed by atoms with E-state index in [9.17, 15) is 9.90 Å². The van der Waals surface area contributed by atoms with E-state index in [0.29, 0.717) is 15.8 Å². The number of hydrogen-bond acceptors (Lipinski definition) is 3. The monoisotopic (exact) mass is 238 g/mol. The SMILES string of the molecule is CC(C)(O)c1cc2cc(Cl)ccc2c(=O)o1. The van der Waals surface area contributed by atoms with E-state index in [2.05, 4.69) is 0 Å². The number of halogens is 1. The lowest BCUT2D eigenvalue weighted by Gasteiger charge is -2.15. The fourth-order valence-electron chi connectivity index (χ4n) is 1.47. The molecule has 2 aromatic rings. The summed E-state index contributed by atoms with van der Waals surface area (Å²) in [4.78, 5) is 11.6. The van der Waals surface area contributed by atoms with E-state index in [1.807, 2.05) is 0 Å². The quantitative estimate of drug-likeness (QED) is 0.831. The summed E-state index contributed by atoms with van der Waals surface area (Å²) in [5.41, 5.74) is -1.65. The molecule has 84 valence electrons. The number of aliphatic hydroxyl groups is 1. The molecule has 1 heterocycles. The molecule has 1 N–H and O–H groups in total. The smallest absolute Gasteiger partial charge is 0.343 e. The predicted octanol–water partition coefficient (Wildman–Crippen LogP) is 2.67. The molecular formula is C12H11ClO3. The largest absolute Gasteiger partial charge is 0.424 e. The number of benzene rings is 1. The molecule has 0 fully saturated rings. The third-order valence-corrected chi connectivity index (χ3v) is 2.56. The maximum absolute atomic E-state index is 11.6. The molecule has 0 aliphatic carbocycles. The highest BCUT2D eigenvalue weighted by Crippen LogP contribution is 2.23. The second-order valence-electron chi connectivity index (χ2n) is 4.19. The zero-order valence-electron chi connectivity index (χ0n) is 8.95. The summed E-state index contributed by atoms with van der Waals surface area (Å²) in [5, 5.41) is 11.4. The van der Waals surface area contributed by atoms with Gasteiger partial charge in [-0.1, -0.05) is 11.6 Å². The molecular weight excluding hydrogens is 228 g/mol. The first-order valence-electron chi connectivity index (χ1n) is 4.84. The molecule has 0 bridgehead atoms. The summed E-state index contributed by atoms with van der Waals surface area (Å²) < 4.78 is 5.05. The summed E-state index contributed by atoms with van der Waals surface area (Å²) in [5.74, 6) is 0.229. The normalized spacial score (nSPS) is 12.0. The minimum absolute atomic E-state index is 0.229. The molecule has 0 aliphatic heterocycles. The fourth-order valence-corrected chi connectivity index (χ4v) is 1.65. The average Bonchev–Trinajstić information content (AvgIpc) is 2.15. The highest BCUT2D eigenvalue weighted by atomic mass is 35.5. The van der Waals surface area contributed by atoms with Crippen molar-refractivity contribution >= 4 is 22.4 Å². The predicted molar refractivity (Wildman–Crippen MR) is 62.7 cm³/mol. The van der Waals surface area contributed by atoms with Crippen LogP contribution in [0.4, 0.5) is 0 Å².